The largest absolute Gasteiger partial charge is 0.396 e. The van der Waals surface area contributed by atoms with E-state index in [1.807, 2.05) is 12.1 Å². The van der Waals surface area contributed by atoms with Crippen molar-refractivity contribution in [1.82, 2.24) is 9.97 Å². The summed E-state index contributed by atoms with van der Waals surface area (Å²) in [5.41, 5.74) is 3.20. The Kier molecular flexibility index (Phi) is 4.35. The number of aromatic amines is 1. The molecule has 0 aliphatic carbocycles. The van der Waals surface area contributed by atoms with Gasteiger partial charge in [0.15, 0.2) is 0 Å². The SMILES string of the molecule is Cc1nc(-c2ccc(C(C)C)cc2)[nH]c(=O)c1CCO. The molecule has 0 atom stereocenters. The summed E-state index contributed by atoms with van der Waals surface area (Å²) in [7, 11) is 0. The van der Waals surface area contributed by atoms with Crippen LogP contribution in [0.5, 0.6) is 0 Å². The summed E-state index contributed by atoms with van der Waals surface area (Å²) in [6.07, 6.45) is 0.334. The highest BCUT2D eigenvalue weighted by Crippen LogP contribution is 2.19. The number of hydrogen-bond donors (Lipinski definition) is 2. The molecule has 4 nitrogen and oxygen atoms in total. The molecule has 0 saturated heterocycles. The average molecular weight is 272 g/mol. The summed E-state index contributed by atoms with van der Waals surface area (Å²) >= 11 is 0. The van der Waals surface area contributed by atoms with Crippen molar-refractivity contribution in [2.24, 2.45) is 0 Å². The van der Waals surface area contributed by atoms with E-state index in [0.29, 0.717) is 29.4 Å². The second-order valence-electron chi connectivity index (χ2n) is 5.23. The van der Waals surface area contributed by atoms with Crippen molar-refractivity contribution >= 4 is 0 Å². The molecule has 0 aliphatic heterocycles. The summed E-state index contributed by atoms with van der Waals surface area (Å²) in [5.74, 6) is 1.05. The van der Waals surface area contributed by atoms with Crippen molar-refractivity contribution in [3.8, 4) is 11.4 Å². The van der Waals surface area contributed by atoms with Crippen LogP contribution < -0.4 is 5.56 Å². The van der Waals surface area contributed by atoms with Crippen LogP contribution in [-0.2, 0) is 6.42 Å². The van der Waals surface area contributed by atoms with Crippen molar-refractivity contribution in [3.63, 3.8) is 0 Å². The van der Waals surface area contributed by atoms with Gasteiger partial charge in [-0.25, -0.2) is 4.98 Å². The maximum atomic E-state index is 12.0. The van der Waals surface area contributed by atoms with Crippen LogP contribution in [0.25, 0.3) is 11.4 Å². The third-order valence-corrected chi connectivity index (χ3v) is 3.43. The van der Waals surface area contributed by atoms with E-state index in [2.05, 4.69) is 35.9 Å². The maximum absolute atomic E-state index is 12.0. The third-order valence-electron chi connectivity index (χ3n) is 3.43. The number of aromatic nitrogens is 2. The molecule has 2 rings (SSSR count). The molecule has 1 heterocycles. The molecule has 0 unspecified atom stereocenters. The van der Waals surface area contributed by atoms with Gasteiger partial charge in [0.1, 0.15) is 5.82 Å². The van der Waals surface area contributed by atoms with Gasteiger partial charge in [-0.05, 0) is 18.4 Å². The van der Waals surface area contributed by atoms with Crippen molar-refractivity contribution in [1.29, 1.82) is 0 Å². The lowest BCUT2D eigenvalue weighted by Gasteiger charge is -2.08. The number of nitrogens with one attached hydrogen (secondary N) is 1. The first-order valence-electron chi connectivity index (χ1n) is 6.84. The number of aryl methyl sites for hydroxylation is 1. The summed E-state index contributed by atoms with van der Waals surface area (Å²) in [5, 5.41) is 8.96. The van der Waals surface area contributed by atoms with E-state index in [1.165, 1.54) is 5.56 Å². The van der Waals surface area contributed by atoms with E-state index in [1.54, 1.807) is 6.92 Å². The van der Waals surface area contributed by atoms with Crippen LogP contribution in [0.2, 0.25) is 0 Å². The quantitative estimate of drug-likeness (QED) is 0.898. The Morgan fingerprint density at radius 3 is 2.40 bits per heavy atom. The number of nitrogens with zero attached hydrogens (tertiary/aromatic N) is 1. The van der Waals surface area contributed by atoms with Gasteiger partial charge in [0.25, 0.3) is 5.56 Å². The standard InChI is InChI=1S/C16H20N2O2/c1-10(2)12-4-6-13(7-5-12)15-17-11(3)14(8-9-19)16(20)18-15/h4-7,10,19H,8-9H2,1-3H3,(H,17,18,20). The lowest BCUT2D eigenvalue weighted by molar-refractivity contribution is 0.298. The molecule has 106 valence electrons. The smallest absolute Gasteiger partial charge is 0.254 e. The van der Waals surface area contributed by atoms with E-state index in [4.69, 9.17) is 5.11 Å². The van der Waals surface area contributed by atoms with Crippen LogP contribution >= 0.6 is 0 Å². The number of hydrogen-bond acceptors (Lipinski definition) is 3. The van der Waals surface area contributed by atoms with Gasteiger partial charge in [-0.1, -0.05) is 38.1 Å². The lowest BCUT2D eigenvalue weighted by atomic mass is 10.0. The van der Waals surface area contributed by atoms with Gasteiger partial charge in [0.2, 0.25) is 0 Å². The van der Waals surface area contributed by atoms with Crippen molar-refractivity contribution in [2.75, 3.05) is 6.61 Å². The molecule has 0 fully saturated rings. The molecule has 4 heteroatoms. The van der Waals surface area contributed by atoms with E-state index >= 15 is 0 Å². The Hall–Kier alpha value is -1.94. The first-order chi connectivity index (χ1) is 9.52. The number of aliphatic hydroxyl groups excluding tert-OH is 1. The molecule has 2 N–H and O–H groups in total. The minimum Gasteiger partial charge on any atom is -0.396 e. The highest BCUT2D eigenvalue weighted by Gasteiger charge is 2.09. The Morgan fingerprint density at radius 1 is 1.25 bits per heavy atom. The molecule has 0 amide bonds. The fourth-order valence-electron chi connectivity index (χ4n) is 2.18. The Morgan fingerprint density at radius 2 is 1.90 bits per heavy atom. The molecule has 1 aromatic carbocycles. The first kappa shape index (κ1) is 14.5. The lowest BCUT2D eigenvalue weighted by Crippen LogP contribution is -2.18. The minimum atomic E-state index is -0.172. The normalized spacial score (nSPS) is 11.1. The van der Waals surface area contributed by atoms with Gasteiger partial charge in [-0.3, -0.25) is 4.79 Å². The van der Waals surface area contributed by atoms with E-state index in [9.17, 15) is 4.79 Å². The van der Waals surface area contributed by atoms with Crippen LogP contribution in [-0.4, -0.2) is 21.7 Å². The molecule has 0 radical (unpaired) electrons. The highest BCUT2D eigenvalue weighted by atomic mass is 16.3. The van der Waals surface area contributed by atoms with Crippen LogP contribution in [0.1, 0.15) is 36.6 Å². The summed E-state index contributed by atoms with van der Waals surface area (Å²) in [4.78, 5) is 19.2. The predicted octanol–water partition coefficient (Wildman–Crippen LogP) is 2.40. The fraction of sp³-hybridized carbons (Fsp3) is 0.375. The third kappa shape index (κ3) is 2.96. The van der Waals surface area contributed by atoms with Crippen molar-refractivity contribution in [2.45, 2.75) is 33.1 Å². The van der Waals surface area contributed by atoms with Gasteiger partial charge in [-0.2, -0.15) is 0 Å². The molecular weight excluding hydrogens is 252 g/mol. The van der Waals surface area contributed by atoms with E-state index < -0.39 is 0 Å². The van der Waals surface area contributed by atoms with Crippen LogP contribution in [0, 0.1) is 6.92 Å². The number of H-pyrrole nitrogens is 1. The zero-order chi connectivity index (χ0) is 14.7. The second-order valence-corrected chi connectivity index (χ2v) is 5.23. The Balaban J connectivity index is 2.41. The summed E-state index contributed by atoms with van der Waals surface area (Å²) in [6.45, 7) is 6.03. The summed E-state index contributed by atoms with van der Waals surface area (Å²) < 4.78 is 0. The molecule has 0 saturated carbocycles. The number of benzene rings is 1. The Labute approximate surface area is 118 Å². The summed E-state index contributed by atoms with van der Waals surface area (Å²) in [6, 6.07) is 8.05. The van der Waals surface area contributed by atoms with Crippen molar-refractivity contribution in [3.05, 3.63) is 51.4 Å². The molecule has 0 aliphatic rings. The van der Waals surface area contributed by atoms with Crippen LogP contribution in [0.4, 0.5) is 0 Å². The van der Waals surface area contributed by atoms with Gasteiger partial charge < -0.3 is 10.1 Å². The molecule has 0 bridgehead atoms. The minimum absolute atomic E-state index is 0.0476. The topological polar surface area (TPSA) is 66.0 Å². The van der Waals surface area contributed by atoms with Gasteiger partial charge >= 0.3 is 0 Å². The molecule has 2 aromatic rings. The number of aliphatic hydroxyl groups is 1. The molecule has 1 aromatic heterocycles. The predicted molar refractivity (Wildman–Crippen MR) is 79.9 cm³/mol. The number of rotatable bonds is 4. The van der Waals surface area contributed by atoms with E-state index in [-0.39, 0.29) is 12.2 Å². The highest BCUT2D eigenvalue weighted by molar-refractivity contribution is 5.55. The van der Waals surface area contributed by atoms with E-state index in [0.717, 1.165) is 5.56 Å². The van der Waals surface area contributed by atoms with Gasteiger partial charge in [0, 0.05) is 29.8 Å². The first-order valence-corrected chi connectivity index (χ1v) is 6.84. The fourth-order valence-corrected chi connectivity index (χ4v) is 2.18. The van der Waals surface area contributed by atoms with Crippen LogP contribution in [0.3, 0.4) is 0 Å². The maximum Gasteiger partial charge on any atom is 0.254 e. The molecule has 20 heavy (non-hydrogen) atoms. The molecular formula is C16H20N2O2. The zero-order valence-corrected chi connectivity index (χ0v) is 12.1. The van der Waals surface area contributed by atoms with Crippen LogP contribution in [0.15, 0.2) is 29.1 Å². The average Bonchev–Trinajstić information content (AvgIpc) is 2.42. The van der Waals surface area contributed by atoms with Crippen molar-refractivity contribution < 1.29 is 5.11 Å². The van der Waals surface area contributed by atoms with Gasteiger partial charge in [-0.15, -0.1) is 0 Å². The zero-order valence-electron chi connectivity index (χ0n) is 12.1. The van der Waals surface area contributed by atoms with Gasteiger partial charge in [0.05, 0.1) is 0 Å². The second kappa shape index (κ2) is 6.01. The Bertz CT molecular complexity index is 643. The molecule has 0 spiro atoms. The monoisotopic (exact) mass is 272 g/mol.